The maximum absolute atomic E-state index is 13.4. The van der Waals surface area contributed by atoms with Gasteiger partial charge < -0.3 is 4.42 Å². The molecule has 0 amide bonds. The first-order valence-electron chi connectivity index (χ1n) is 10.8. The molecule has 0 fully saturated rings. The molecule has 6 aromatic rings. The van der Waals surface area contributed by atoms with E-state index in [9.17, 15) is 4.79 Å². The molecule has 0 N–H and O–H groups in total. The van der Waals surface area contributed by atoms with Crippen molar-refractivity contribution in [2.24, 2.45) is 0 Å². The van der Waals surface area contributed by atoms with Crippen LogP contribution < -0.4 is 0 Å². The number of rotatable bonds is 4. The van der Waals surface area contributed by atoms with E-state index in [4.69, 9.17) is 21.0 Å². The third-order valence-electron chi connectivity index (χ3n) is 5.81. The number of aromatic nitrogens is 3. The average Bonchev–Trinajstić information content (AvgIpc) is 3.45. The SMILES string of the molecule is Cc1ccc2oc(C(=O)c3ccccc3)c(-c3ccn4nc(-c5ccc(Cl)cc5)cc4n3)c2c1. The number of halogens is 1. The zero-order valence-electron chi connectivity index (χ0n) is 18.2. The van der Waals surface area contributed by atoms with E-state index >= 15 is 0 Å². The molecule has 0 radical (unpaired) electrons. The molecule has 0 atom stereocenters. The molecule has 0 aliphatic rings. The molecular formula is C28H18ClN3O2. The first-order valence-corrected chi connectivity index (χ1v) is 11.2. The number of hydrogen-bond donors (Lipinski definition) is 0. The molecule has 3 aromatic carbocycles. The normalized spacial score (nSPS) is 11.4. The number of furan rings is 1. The van der Waals surface area contributed by atoms with Crippen LogP contribution in [0.3, 0.4) is 0 Å². The number of nitrogens with zero attached hydrogens (tertiary/aromatic N) is 3. The molecule has 6 rings (SSSR count). The van der Waals surface area contributed by atoms with E-state index in [-0.39, 0.29) is 11.5 Å². The fraction of sp³-hybridized carbons (Fsp3) is 0.0357. The van der Waals surface area contributed by atoms with Gasteiger partial charge in [-0.1, -0.05) is 65.7 Å². The molecule has 5 nitrogen and oxygen atoms in total. The number of hydrogen-bond acceptors (Lipinski definition) is 4. The van der Waals surface area contributed by atoms with Gasteiger partial charge in [0.25, 0.3) is 0 Å². The highest BCUT2D eigenvalue weighted by Gasteiger charge is 2.24. The third kappa shape index (κ3) is 3.47. The van der Waals surface area contributed by atoms with Gasteiger partial charge >= 0.3 is 0 Å². The summed E-state index contributed by atoms with van der Waals surface area (Å²) in [5, 5.41) is 6.16. The fourth-order valence-electron chi connectivity index (χ4n) is 4.13. The van der Waals surface area contributed by atoms with Crippen molar-refractivity contribution in [3.05, 3.63) is 113 Å². The number of ketones is 1. The number of aryl methyl sites for hydroxylation is 1. The molecule has 3 aromatic heterocycles. The van der Waals surface area contributed by atoms with Gasteiger partial charge in [0.2, 0.25) is 5.78 Å². The summed E-state index contributed by atoms with van der Waals surface area (Å²) in [4.78, 5) is 18.3. The summed E-state index contributed by atoms with van der Waals surface area (Å²) in [6, 6.07) is 26.3. The maximum Gasteiger partial charge on any atom is 0.228 e. The van der Waals surface area contributed by atoms with Crippen LogP contribution in [0.4, 0.5) is 0 Å². The lowest BCUT2D eigenvalue weighted by molar-refractivity contribution is 0.101. The smallest absolute Gasteiger partial charge is 0.228 e. The van der Waals surface area contributed by atoms with Gasteiger partial charge in [0.15, 0.2) is 11.4 Å². The van der Waals surface area contributed by atoms with Crippen molar-refractivity contribution in [2.75, 3.05) is 0 Å². The molecule has 34 heavy (non-hydrogen) atoms. The van der Waals surface area contributed by atoms with E-state index in [1.807, 2.05) is 85.9 Å². The van der Waals surface area contributed by atoms with Crippen molar-refractivity contribution >= 4 is 34.0 Å². The largest absolute Gasteiger partial charge is 0.452 e. The average molecular weight is 464 g/mol. The molecule has 0 spiro atoms. The van der Waals surface area contributed by atoms with Crippen LogP contribution in [-0.2, 0) is 0 Å². The second kappa shape index (κ2) is 7.97. The Bertz CT molecular complexity index is 1680. The van der Waals surface area contributed by atoms with E-state index in [0.717, 1.165) is 22.2 Å². The van der Waals surface area contributed by atoms with Crippen molar-refractivity contribution in [3.63, 3.8) is 0 Å². The van der Waals surface area contributed by atoms with E-state index in [0.29, 0.717) is 33.1 Å². The van der Waals surface area contributed by atoms with E-state index in [1.165, 1.54) is 0 Å². The number of benzene rings is 3. The van der Waals surface area contributed by atoms with Crippen molar-refractivity contribution < 1.29 is 9.21 Å². The van der Waals surface area contributed by atoms with Crippen LogP contribution in [0.25, 0.3) is 39.1 Å². The summed E-state index contributed by atoms with van der Waals surface area (Å²) in [6.07, 6.45) is 1.85. The predicted molar refractivity (Wildman–Crippen MR) is 133 cm³/mol. The summed E-state index contributed by atoms with van der Waals surface area (Å²) < 4.78 is 7.82. The van der Waals surface area contributed by atoms with Crippen LogP contribution in [0.2, 0.25) is 5.02 Å². The van der Waals surface area contributed by atoms with Gasteiger partial charge in [0.05, 0.1) is 17.0 Å². The van der Waals surface area contributed by atoms with Crippen LogP contribution in [0, 0.1) is 6.92 Å². The van der Waals surface area contributed by atoms with Gasteiger partial charge in [0, 0.05) is 33.8 Å². The maximum atomic E-state index is 13.4. The highest BCUT2D eigenvalue weighted by Crippen LogP contribution is 2.36. The molecule has 0 unspecified atom stereocenters. The number of carbonyl (C=O) groups excluding carboxylic acids is 1. The standard InChI is InChI=1S/C28H18ClN3O2/c1-17-7-12-24-21(15-17)26(28(34-24)27(33)19-5-3-2-4-6-19)22-13-14-32-25(30-22)16-23(31-32)18-8-10-20(29)11-9-18/h2-16H,1H3. The second-order valence-corrected chi connectivity index (χ2v) is 8.59. The first-order chi connectivity index (χ1) is 16.6. The Labute approximate surface area is 200 Å². The fourth-order valence-corrected chi connectivity index (χ4v) is 4.25. The molecule has 6 heteroatoms. The van der Waals surface area contributed by atoms with Gasteiger partial charge in [-0.15, -0.1) is 0 Å². The molecule has 0 saturated heterocycles. The Kier molecular flexibility index (Phi) is 4.78. The minimum Gasteiger partial charge on any atom is -0.452 e. The molecule has 0 aliphatic heterocycles. The quantitative estimate of drug-likeness (QED) is 0.264. The van der Waals surface area contributed by atoms with Gasteiger partial charge in [0.1, 0.15) is 5.58 Å². The topological polar surface area (TPSA) is 60.4 Å². The van der Waals surface area contributed by atoms with Gasteiger partial charge in [-0.25, -0.2) is 9.50 Å². The lowest BCUT2D eigenvalue weighted by Gasteiger charge is -2.04. The van der Waals surface area contributed by atoms with Gasteiger partial charge in [-0.2, -0.15) is 5.10 Å². The third-order valence-corrected chi connectivity index (χ3v) is 6.06. The van der Waals surface area contributed by atoms with Crippen molar-refractivity contribution in [1.82, 2.24) is 14.6 Å². The van der Waals surface area contributed by atoms with Crippen molar-refractivity contribution in [1.29, 1.82) is 0 Å². The van der Waals surface area contributed by atoms with Crippen LogP contribution in [0.15, 0.2) is 95.5 Å². The minimum atomic E-state index is -0.179. The van der Waals surface area contributed by atoms with Crippen molar-refractivity contribution in [2.45, 2.75) is 6.92 Å². The zero-order chi connectivity index (χ0) is 23.2. The Balaban J connectivity index is 1.53. The van der Waals surface area contributed by atoms with Crippen LogP contribution in [0.5, 0.6) is 0 Å². The van der Waals surface area contributed by atoms with Crippen LogP contribution in [0.1, 0.15) is 21.7 Å². The monoisotopic (exact) mass is 463 g/mol. The van der Waals surface area contributed by atoms with E-state index < -0.39 is 0 Å². The van der Waals surface area contributed by atoms with Gasteiger partial charge in [-0.05, 0) is 37.3 Å². The Morgan fingerprint density at radius 1 is 0.912 bits per heavy atom. The molecule has 3 heterocycles. The van der Waals surface area contributed by atoms with Crippen LogP contribution in [-0.4, -0.2) is 20.4 Å². The minimum absolute atomic E-state index is 0.179. The Morgan fingerprint density at radius 3 is 2.50 bits per heavy atom. The predicted octanol–water partition coefficient (Wildman–Crippen LogP) is 7.00. The summed E-state index contributed by atoms with van der Waals surface area (Å²) in [5.41, 5.74) is 6.02. The lowest BCUT2D eigenvalue weighted by Crippen LogP contribution is -2.02. The molecule has 164 valence electrons. The summed E-state index contributed by atoms with van der Waals surface area (Å²) in [6.45, 7) is 2.01. The first kappa shape index (κ1) is 20.4. The number of fused-ring (bicyclic) bond motifs is 2. The zero-order valence-corrected chi connectivity index (χ0v) is 19.0. The molecule has 0 saturated carbocycles. The van der Waals surface area contributed by atoms with Crippen molar-refractivity contribution in [3.8, 4) is 22.5 Å². The summed E-state index contributed by atoms with van der Waals surface area (Å²) in [7, 11) is 0. The highest BCUT2D eigenvalue weighted by atomic mass is 35.5. The van der Waals surface area contributed by atoms with E-state index in [2.05, 4.69) is 5.10 Å². The second-order valence-electron chi connectivity index (χ2n) is 8.15. The molecule has 0 aliphatic carbocycles. The summed E-state index contributed by atoms with van der Waals surface area (Å²) in [5.74, 6) is 0.0996. The molecular weight excluding hydrogens is 446 g/mol. The van der Waals surface area contributed by atoms with Crippen LogP contribution >= 0.6 is 11.6 Å². The van der Waals surface area contributed by atoms with E-state index in [1.54, 1.807) is 16.6 Å². The Hall–Kier alpha value is -4.22. The summed E-state index contributed by atoms with van der Waals surface area (Å²) >= 11 is 6.02. The lowest BCUT2D eigenvalue weighted by atomic mass is 10.0. The highest BCUT2D eigenvalue weighted by molar-refractivity contribution is 6.30. The molecule has 0 bridgehead atoms. The Morgan fingerprint density at radius 2 is 1.71 bits per heavy atom. The number of carbonyl (C=O) groups is 1. The van der Waals surface area contributed by atoms with Gasteiger partial charge in [-0.3, -0.25) is 4.79 Å².